The molecule has 1 aliphatic carbocycles. The first-order valence-electron chi connectivity index (χ1n) is 8.07. The molecule has 0 bridgehead atoms. The molecule has 3 N–H and O–H groups in total. The molecule has 3 aliphatic rings. The van der Waals surface area contributed by atoms with Gasteiger partial charge in [0.05, 0.1) is 0 Å². The van der Waals surface area contributed by atoms with Crippen molar-refractivity contribution < 1.29 is 14.3 Å². The summed E-state index contributed by atoms with van der Waals surface area (Å²) in [6.07, 6.45) is 0.841. The summed E-state index contributed by atoms with van der Waals surface area (Å²) in [6.45, 7) is 3.97. The number of amides is 1. The van der Waals surface area contributed by atoms with Crippen LogP contribution in [0.5, 0.6) is 0 Å². The van der Waals surface area contributed by atoms with Gasteiger partial charge in [-0.15, -0.1) is 0 Å². The number of carbonyl (C=O) groups excluding carboxylic acids is 2. The van der Waals surface area contributed by atoms with Crippen LogP contribution in [0.2, 0.25) is 0 Å². The minimum Gasteiger partial charge on any atom is -0.437 e. The first-order valence-corrected chi connectivity index (χ1v) is 8.07. The Kier molecular flexibility index (Phi) is 2.92. The number of Topliss-reactive ketones (excluding diaryl/α,β-unsaturated/α-hetero) is 1. The molecule has 0 unspecified atom stereocenters. The fourth-order valence-corrected chi connectivity index (χ4v) is 4.11. The van der Waals surface area contributed by atoms with Crippen LogP contribution in [0.4, 0.5) is 0 Å². The monoisotopic (exact) mass is 335 g/mol. The quantitative estimate of drug-likeness (QED) is 0.754. The van der Waals surface area contributed by atoms with Crippen LogP contribution in [0.25, 0.3) is 0 Å². The summed E-state index contributed by atoms with van der Waals surface area (Å²) in [5, 5.41) is 12.7. The molecule has 4 rings (SSSR count). The lowest BCUT2D eigenvalue weighted by molar-refractivity contribution is -0.121. The smallest absolute Gasteiger partial charge is 0.252 e. The highest BCUT2D eigenvalue weighted by Gasteiger charge is 2.56. The van der Waals surface area contributed by atoms with Gasteiger partial charge < -0.3 is 15.8 Å². The number of allylic oxidation sites excluding steroid dienone is 1. The van der Waals surface area contributed by atoms with Crippen molar-refractivity contribution in [3.05, 3.63) is 58.2 Å². The number of fused-ring (bicyclic) bond motifs is 3. The average Bonchev–Trinajstić information content (AvgIpc) is 2.83. The maximum Gasteiger partial charge on any atom is 0.252 e. The average molecular weight is 335 g/mol. The van der Waals surface area contributed by atoms with Crippen molar-refractivity contribution in [3.63, 3.8) is 0 Å². The second-order valence-electron chi connectivity index (χ2n) is 7.45. The molecule has 1 atom stereocenters. The highest BCUT2D eigenvalue weighted by molar-refractivity contribution is 6.04. The lowest BCUT2D eigenvalue weighted by Crippen LogP contribution is -2.49. The molecule has 0 aromatic heterocycles. The van der Waals surface area contributed by atoms with E-state index in [0.29, 0.717) is 29.5 Å². The lowest BCUT2D eigenvalue weighted by atomic mass is 9.66. The van der Waals surface area contributed by atoms with Crippen molar-refractivity contribution in [1.29, 1.82) is 5.26 Å². The molecule has 126 valence electrons. The van der Waals surface area contributed by atoms with Gasteiger partial charge in [-0.05, 0) is 17.9 Å². The van der Waals surface area contributed by atoms with Gasteiger partial charge in [0.25, 0.3) is 5.91 Å². The van der Waals surface area contributed by atoms with Crippen molar-refractivity contribution >= 4 is 11.7 Å². The van der Waals surface area contributed by atoms with Gasteiger partial charge in [-0.1, -0.05) is 32.0 Å². The van der Waals surface area contributed by atoms with Crippen LogP contribution in [-0.2, 0) is 15.1 Å². The second kappa shape index (κ2) is 4.73. The van der Waals surface area contributed by atoms with E-state index in [1.807, 2.05) is 13.8 Å². The van der Waals surface area contributed by atoms with Crippen LogP contribution in [0.15, 0.2) is 47.1 Å². The number of rotatable bonds is 0. The molecule has 1 spiro atoms. The third-order valence-corrected chi connectivity index (χ3v) is 5.10. The minimum atomic E-state index is -1.23. The Balaban J connectivity index is 2.07. The van der Waals surface area contributed by atoms with Gasteiger partial charge >= 0.3 is 0 Å². The van der Waals surface area contributed by atoms with E-state index >= 15 is 0 Å². The summed E-state index contributed by atoms with van der Waals surface area (Å²) in [4.78, 5) is 25.3. The normalized spacial score (nSPS) is 26.8. The molecular formula is C19H17N3O3. The molecule has 2 heterocycles. The minimum absolute atomic E-state index is 0.120. The Hall–Kier alpha value is -3.07. The standard InChI is InChI=1S/C19H17N3O3/c1-18(2)7-12-15(14(23)8-18)25-16(21)13(9-20)19(12)11-6-4-3-5-10(11)17(24)22-19/h3-6H,7-8,21H2,1-2H3,(H,22,24)/t19-/m1/s1. The molecular weight excluding hydrogens is 318 g/mol. The predicted octanol–water partition coefficient (Wildman–Crippen LogP) is 1.99. The van der Waals surface area contributed by atoms with E-state index in [0.717, 1.165) is 0 Å². The number of nitriles is 1. The van der Waals surface area contributed by atoms with Crippen LogP contribution in [0, 0.1) is 16.7 Å². The zero-order valence-corrected chi connectivity index (χ0v) is 14.0. The van der Waals surface area contributed by atoms with Gasteiger partial charge in [0.2, 0.25) is 5.88 Å². The zero-order valence-electron chi connectivity index (χ0n) is 14.0. The number of carbonyl (C=O) groups is 2. The Morgan fingerprint density at radius 1 is 1.24 bits per heavy atom. The molecule has 2 aliphatic heterocycles. The van der Waals surface area contributed by atoms with Crippen LogP contribution >= 0.6 is 0 Å². The third-order valence-electron chi connectivity index (χ3n) is 5.10. The predicted molar refractivity (Wildman–Crippen MR) is 88.5 cm³/mol. The molecule has 0 radical (unpaired) electrons. The van der Waals surface area contributed by atoms with E-state index in [2.05, 4.69) is 11.4 Å². The Bertz CT molecular complexity index is 949. The zero-order chi connectivity index (χ0) is 18.0. The molecule has 6 heteroatoms. The summed E-state index contributed by atoms with van der Waals surface area (Å²) in [5.74, 6) is -0.427. The molecule has 1 amide bonds. The number of benzene rings is 1. The van der Waals surface area contributed by atoms with Gasteiger partial charge in [-0.2, -0.15) is 5.26 Å². The van der Waals surface area contributed by atoms with Crippen LogP contribution in [-0.4, -0.2) is 11.7 Å². The van der Waals surface area contributed by atoms with Gasteiger partial charge in [0.15, 0.2) is 11.5 Å². The van der Waals surface area contributed by atoms with E-state index in [9.17, 15) is 14.9 Å². The lowest BCUT2D eigenvalue weighted by Gasteiger charge is -2.43. The summed E-state index contributed by atoms with van der Waals surface area (Å²) in [5.41, 5.74) is 6.30. The number of ether oxygens (including phenoxy) is 1. The fraction of sp³-hybridized carbons (Fsp3) is 0.316. The van der Waals surface area contributed by atoms with Gasteiger partial charge in [-0.25, -0.2) is 0 Å². The molecule has 25 heavy (non-hydrogen) atoms. The summed E-state index contributed by atoms with van der Waals surface area (Å²) < 4.78 is 5.55. The molecule has 1 aromatic carbocycles. The summed E-state index contributed by atoms with van der Waals surface area (Å²) in [6, 6.07) is 9.16. The molecule has 1 aromatic rings. The van der Waals surface area contributed by atoms with Crippen LogP contribution in [0.1, 0.15) is 42.6 Å². The Labute approximate surface area is 144 Å². The van der Waals surface area contributed by atoms with Crippen molar-refractivity contribution in [1.82, 2.24) is 5.32 Å². The van der Waals surface area contributed by atoms with E-state index < -0.39 is 5.54 Å². The van der Waals surface area contributed by atoms with Crippen LogP contribution < -0.4 is 11.1 Å². The van der Waals surface area contributed by atoms with Crippen molar-refractivity contribution in [2.45, 2.75) is 32.2 Å². The summed E-state index contributed by atoms with van der Waals surface area (Å²) >= 11 is 0. The Morgan fingerprint density at radius 2 is 1.96 bits per heavy atom. The summed E-state index contributed by atoms with van der Waals surface area (Å²) in [7, 11) is 0. The van der Waals surface area contributed by atoms with Gasteiger partial charge in [0, 0.05) is 23.1 Å². The molecule has 0 saturated carbocycles. The highest BCUT2D eigenvalue weighted by Crippen LogP contribution is 2.53. The molecule has 6 nitrogen and oxygen atoms in total. The maximum atomic E-state index is 12.7. The highest BCUT2D eigenvalue weighted by atomic mass is 16.5. The number of nitrogens with zero attached hydrogens (tertiary/aromatic N) is 1. The van der Waals surface area contributed by atoms with Crippen molar-refractivity contribution in [2.75, 3.05) is 0 Å². The van der Waals surface area contributed by atoms with Gasteiger partial charge in [-0.3, -0.25) is 9.59 Å². The number of nitrogens with two attached hydrogens (primary N) is 1. The molecule has 0 saturated heterocycles. The molecule has 0 fully saturated rings. The van der Waals surface area contributed by atoms with E-state index in [1.54, 1.807) is 24.3 Å². The fourth-order valence-electron chi connectivity index (χ4n) is 4.11. The van der Waals surface area contributed by atoms with E-state index in [-0.39, 0.29) is 34.3 Å². The van der Waals surface area contributed by atoms with E-state index in [1.165, 1.54) is 0 Å². The first kappa shape index (κ1) is 15.5. The second-order valence-corrected chi connectivity index (χ2v) is 7.45. The Morgan fingerprint density at radius 3 is 2.68 bits per heavy atom. The SMILES string of the molecule is CC1(C)CC(=O)C2=C(C1)[C@@]1(NC(=O)c3ccccc31)C(C#N)=C(N)O2. The van der Waals surface area contributed by atoms with Gasteiger partial charge in [0.1, 0.15) is 17.2 Å². The number of hydrogen-bond donors (Lipinski definition) is 2. The maximum absolute atomic E-state index is 12.7. The largest absolute Gasteiger partial charge is 0.437 e. The number of ketones is 1. The van der Waals surface area contributed by atoms with E-state index in [4.69, 9.17) is 10.5 Å². The third kappa shape index (κ3) is 1.89. The van der Waals surface area contributed by atoms with Crippen LogP contribution in [0.3, 0.4) is 0 Å². The van der Waals surface area contributed by atoms with Crippen molar-refractivity contribution in [3.8, 4) is 6.07 Å². The number of nitrogens with one attached hydrogen (secondary N) is 1. The van der Waals surface area contributed by atoms with Crippen molar-refractivity contribution in [2.24, 2.45) is 11.1 Å². The first-order chi connectivity index (χ1) is 11.8. The topological polar surface area (TPSA) is 105 Å². The number of hydrogen-bond acceptors (Lipinski definition) is 5.